The van der Waals surface area contributed by atoms with Crippen LogP contribution in [0.15, 0.2) is 12.7 Å². The highest BCUT2D eigenvalue weighted by Gasteiger charge is 2.46. The molecular weight excluding hydrogens is 307 g/mol. The Hall–Kier alpha value is -0.690. The number of hydrogen-bond donors (Lipinski definition) is 0. The van der Waals surface area contributed by atoms with Crippen LogP contribution in [0, 0.1) is 5.41 Å². The van der Waals surface area contributed by atoms with Gasteiger partial charge in [0.05, 0.1) is 5.60 Å². The number of rotatable bonds is 10. The molecule has 0 radical (unpaired) electrons. The molecule has 0 saturated carbocycles. The normalized spacial score (nSPS) is 16.4. The fourth-order valence-electron chi connectivity index (χ4n) is 2.34. The van der Waals surface area contributed by atoms with E-state index in [1.165, 1.54) is 0 Å². The average Bonchev–Trinajstić information content (AvgIpc) is 2.41. The average molecular weight is 332 g/mol. The maximum atomic E-state index is 13.2. The molecule has 0 amide bonds. The Labute approximate surface area is 128 Å². The van der Waals surface area contributed by atoms with E-state index in [1.54, 1.807) is 19.9 Å². The van der Waals surface area contributed by atoms with Crippen molar-refractivity contribution >= 4 is 0 Å². The van der Waals surface area contributed by atoms with Crippen molar-refractivity contribution in [3.63, 3.8) is 0 Å². The highest BCUT2D eigenvalue weighted by Crippen LogP contribution is 2.40. The predicted molar refractivity (Wildman–Crippen MR) is 74.6 cm³/mol. The summed E-state index contributed by atoms with van der Waals surface area (Å²) in [5.41, 5.74) is -1.29. The number of allylic oxidation sites excluding steroid dienone is 1. The molecule has 0 N–H and O–H groups in total. The molecule has 22 heavy (non-hydrogen) atoms. The van der Waals surface area contributed by atoms with E-state index in [2.05, 4.69) is 11.3 Å². The van der Waals surface area contributed by atoms with Crippen molar-refractivity contribution < 1.29 is 31.4 Å². The van der Waals surface area contributed by atoms with Gasteiger partial charge in [0.2, 0.25) is 0 Å². The van der Waals surface area contributed by atoms with Crippen molar-refractivity contribution in [3.05, 3.63) is 12.7 Å². The Bertz CT molecular complexity index is 350. The van der Waals surface area contributed by atoms with E-state index < -0.39 is 24.7 Å². The van der Waals surface area contributed by atoms with Crippen molar-refractivity contribution in [3.8, 4) is 0 Å². The van der Waals surface area contributed by atoms with Crippen LogP contribution in [0.2, 0.25) is 0 Å². The van der Waals surface area contributed by atoms with Gasteiger partial charge in [-0.3, -0.25) is 0 Å². The molecule has 0 fully saturated rings. The summed E-state index contributed by atoms with van der Waals surface area (Å²) in [6.45, 7) is 9.57. The standard InChI is InChI=1S/C15H25F5O2/c1-6-12(5,10-13(7-2,8-3)9-4)21-11-14(16,17)22-15(18,19)20/h7H,2,6,8-11H2,1,3-5H3. The van der Waals surface area contributed by atoms with E-state index in [-0.39, 0.29) is 5.41 Å². The Kier molecular flexibility index (Phi) is 7.48. The second-order valence-electron chi connectivity index (χ2n) is 5.73. The molecule has 0 aliphatic heterocycles. The van der Waals surface area contributed by atoms with Gasteiger partial charge in [-0.25, -0.2) is 4.74 Å². The Morgan fingerprint density at radius 3 is 1.77 bits per heavy atom. The van der Waals surface area contributed by atoms with E-state index in [1.807, 2.05) is 13.8 Å². The zero-order valence-electron chi connectivity index (χ0n) is 13.5. The molecule has 0 bridgehead atoms. The molecule has 0 aromatic heterocycles. The van der Waals surface area contributed by atoms with Crippen molar-refractivity contribution in [2.24, 2.45) is 5.41 Å². The third-order valence-electron chi connectivity index (χ3n) is 4.17. The van der Waals surface area contributed by atoms with Crippen LogP contribution in [0.3, 0.4) is 0 Å². The second kappa shape index (κ2) is 7.73. The second-order valence-corrected chi connectivity index (χ2v) is 5.73. The van der Waals surface area contributed by atoms with Gasteiger partial charge in [0, 0.05) is 0 Å². The van der Waals surface area contributed by atoms with Crippen LogP contribution in [-0.2, 0) is 9.47 Å². The first-order chi connectivity index (χ1) is 9.86. The minimum Gasteiger partial charge on any atom is -0.366 e. The van der Waals surface area contributed by atoms with Gasteiger partial charge in [0.25, 0.3) is 0 Å². The summed E-state index contributed by atoms with van der Waals surface area (Å²) < 4.78 is 70.0. The fourth-order valence-corrected chi connectivity index (χ4v) is 2.34. The molecule has 0 rings (SSSR count). The van der Waals surface area contributed by atoms with E-state index in [9.17, 15) is 22.0 Å². The quantitative estimate of drug-likeness (QED) is 0.378. The largest absolute Gasteiger partial charge is 0.527 e. The lowest BCUT2D eigenvalue weighted by Crippen LogP contribution is -2.41. The van der Waals surface area contributed by atoms with Gasteiger partial charge in [-0.2, -0.15) is 8.78 Å². The molecule has 0 heterocycles. The summed E-state index contributed by atoms with van der Waals surface area (Å²) in [6.07, 6.45) is -5.81. The molecule has 0 spiro atoms. The topological polar surface area (TPSA) is 18.5 Å². The SMILES string of the molecule is C=CC(CC)(CC)CC(C)(CC)OCC(F)(F)OC(F)(F)F. The van der Waals surface area contributed by atoms with Crippen LogP contribution in [0.5, 0.6) is 0 Å². The first-order valence-corrected chi connectivity index (χ1v) is 7.29. The lowest BCUT2D eigenvalue weighted by Gasteiger charge is -2.39. The third-order valence-corrected chi connectivity index (χ3v) is 4.17. The van der Waals surface area contributed by atoms with Crippen LogP contribution in [0.1, 0.15) is 53.4 Å². The van der Waals surface area contributed by atoms with Crippen LogP contribution in [0.4, 0.5) is 22.0 Å². The molecule has 0 aromatic carbocycles. The molecule has 2 nitrogen and oxygen atoms in total. The zero-order valence-corrected chi connectivity index (χ0v) is 13.5. The van der Waals surface area contributed by atoms with Crippen molar-refractivity contribution in [2.45, 2.75) is 71.5 Å². The van der Waals surface area contributed by atoms with Gasteiger partial charge in [-0.15, -0.1) is 19.8 Å². The Balaban J connectivity index is 4.92. The highest BCUT2D eigenvalue weighted by atomic mass is 19.4. The summed E-state index contributed by atoms with van der Waals surface area (Å²) in [6, 6.07) is 0. The molecular formula is C15H25F5O2. The van der Waals surface area contributed by atoms with Gasteiger partial charge in [0.15, 0.2) is 0 Å². The van der Waals surface area contributed by atoms with Crippen molar-refractivity contribution in [1.29, 1.82) is 0 Å². The van der Waals surface area contributed by atoms with Gasteiger partial charge in [0.1, 0.15) is 6.61 Å². The number of alkyl halides is 5. The van der Waals surface area contributed by atoms with Crippen LogP contribution < -0.4 is 0 Å². The number of ether oxygens (including phenoxy) is 2. The van der Waals surface area contributed by atoms with Gasteiger partial charge >= 0.3 is 12.5 Å². The van der Waals surface area contributed by atoms with E-state index in [0.29, 0.717) is 12.8 Å². The first kappa shape index (κ1) is 21.3. The lowest BCUT2D eigenvalue weighted by molar-refractivity contribution is -0.434. The lowest BCUT2D eigenvalue weighted by atomic mass is 9.73. The van der Waals surface area contributed by atoms with Crippen molar-refractivity contribution in [1.82, 2.24) is 0 Å². The third kappa shape index (κ3) is 7.05. The van der Waals surface area contributed by atoms with Gasteiger partial charge < -0.3 is 4.74 Å². The Morgan fingerprint density at radius 1 is 0.955 bits per heavy atom. The summed E-state index contributed by atoms with van der Waals surface area (Å²) in [4.78, 5) is 0. The molecule has 0 saturated heterocycles. The molecule has 132 valence electrons. The predicted octanol–water partition coefficient (Wildman–Crippen LogP) is 5.68. The highest BCUT2D eigenvalue weighted by molar-refractivity contribution is 4.98. The minimum atomic E-state index is -5.41. The van der Waals surface area contributed by atoms with Crippen LogP contribution in [-0.4, -0.2) is 24.7 Å². The maximum absolute atomic E-state index is 13.2. The van der Waals surface area contributed by atoms with Crippen LogP contribution >= 0.6 is 0 Å². The van der Waals surface area contributed by atoms with Crippen molar-refractivity contribution in [2.75, 3.05) is 6.61 Å². The summed E-state index contributed by atoms with van der Waals surface area (Å²) in [5, 5.41) is 0. The smallest absolute Gasteiger partial charge is 0.366 e. The minimum absolute atomic E-state index is 0.301. The summed E-state index contributed by atoms with van der Waals surface area (Å²) >= 11 is 0. The van der Waals surface area contributed by atoms with E-state index in [4.69, 9.17) is 4.74 Å². The van der Waals surface area contributed by atoms with Gasteiger partial charge in [-0.05, 0) is 38.0 Å². The summed E-state index contributed by atoms with van der Waals surface area (Å²) in [7, 11) is 0. The first-order valence-electron chi connectivity index (χ1n) is 7.29. The molecule has 7 heteroatoms. The van der Waals surface area contributed by atoms with Crippen LogP contribution in [0.25, 0.3) is 0 Å². The van der Waals surface area contributed by atoms with Gasteiger partial charge in [-0.1, -0.05) is 26.8 Å². The molecule has 0 aliphatic carbocycles. The fraction of sp³-hybridized carbons (Fsp3) is 0.867. The number of hydrogen-bond acceptors (Lipinski definition) is 2. The Morgan fingerprint density at radius 2 is 1.45 bits per heavy atom. The molecule has 0 aromatic rings. The number of halogens is 5. The molecule has 1 atom stereocenters. The summed E-state index contributed by atoms with van der Waals surface area (Å²) in [5.74, 6) is 0. The van der Waals surface area contributed by atoms with E-state index in [0.717, 1.165) is 12.8 Å². The monoisotopic (exact) mass is 332 g/mol. The molecule has 0 aliphatic rings. The maximum Gasteiger partial charge on any atom is 0.527 e. The van der Waals surface area contributed by atoms with E-state index >= 15 is 0 Å². The molecule has 1 unspecified atom stereocenters. The zero-order chi connectivity index (χ0) is 17.7.